The largest absolute Gasteiger partial charge is 0.497 e. The Morgan fingerprint density at radius 1 is 1.24 bits per heavy atom. The summed E-state index contributed by atoms with van der Waals surface area (Å²) in [6.07, 6.45) is 2.85. The number of hydrogen-bond acceptors (Lipinski definition) is 3. The van der Waals surface area contributed by atoms with E-state index in [4.69, 9.17) is 4.74 Å². The molecule has 0 saturated heterocycles. The Morgan fingerprint density at radius 2 is 2.00 bits per heavy atom. The molecule has 0 saturated carbocycles. The lowest BCUT2D eigenvalue weighted by atomic mass is 9.96. The monoisotopic (exact) mass is 360 g/mol. The van der Waals surface area contributed by atoms with Crippen molar-refractivity contribution in [1.82, 2.24) is 5.32 Å². The summed E-state index contributed by atoms with van der Waals surface area (Å²) in [4.78, 5) is 12.8. The van der Waals surface area contributed by atoms with Crippen molar-refractivity contribution in [3.05, 3.63) is 59.2 Å². The van der Waals surface area contributed by atoms with Crippen LogP contribution in [-0.4, -0.2) is 19.6 Å². The van der Waals surface area contributed by atoms with Crippen LogP contribution in [0.5, 0.6) is 5.75 Å². The molecular formula is C20H25ClN2O2. The molecule has 134 valence electrons. The number of carbonyl (C=O) groups excluding carboxylic acids is 1. The molecule has 3 rings (SSSR count). The van der Waals surface area contributed by atoms with Crippen LogP contribution in [0.2, 0.25) is 0 Å². The van der Waals surface area contributed by atoms with E-state index < -0.39 is 0 Å². The number of benzene rings is 2. The van der Waals surface area contributed by atoms with Gasteiger partial charge in [0.05, 0.1) is 13.2 Å². The van der Waals surface area contributed by atoms with E-state index in [0.29, 0.717) is 0 Å². The molecule has 2 aromatic rings. The maximum absolute atomic E-state index is 12.8. The van der Waals surface area contributed by atoms with Crippen LogP contribution in [-0.2, 0) is 6.42 Å². The number of methoxy groups -OCH3 is 1. The van der Waals surface area contributed by atoms with E-state index in [0.717, 1.165) is 53.9 Å². The van der Waals surface area contributed by atoms with E-state index in [9.17, 15) is 4.79 Å². The summed E-state index contributed by atoms with van der Waals surface area (Å²) in [5, 5.41) is 6.55. The second-order valence-corrected chi connectivity index (χ2v) is 6.07. The lowest BCUT2D eigenvalue weighted by Crippen LogP contribution is -2.29. The van der Waals surface area contributed by atoms with Crippen molar-refractivity contribution < 1.29 is 9.53 Å². The van der Waals surface area contributed by atoms with Crippen LogP contribution in [0.1, 0.15) is 47.3 Å². The fourth-order valence-electron chi connectivity index (χ4n) is 3.22. The van der Waals surface area contributed by atoms with Gasteiger partial charge < -0.3 is 15.4 Å². The second kappa shape index (κ2) is 8.77. The topological polar surface area (TPSA) is 50.4 Å². The smallest absolute Gasteiger partial charge is 0.252 e. The van der Waals surface area contributed by atoms with Crippen LogP contribution in [0, 0.1) is 0 Å². The molecule has 1 atom stereocenters. The van der Waals surface area contributed by atoms with E-state index in [2.05, 4.69) is 17.6 Å². The minimum Gasteiger partial charge on any atom is -0.497 e. The molecule has 1 heterocycles. The average molecular weight is 361 g/mol. The van der Waals surface area contributed by atoms with Crippen LogP contribution in [0.15, 0.2) is 42.5 Å². The third-order valence-corrected chi connectivity index (χ3v) is 4.57. The summed E-state index contributed by atoms with van der Waals surface area (Å²) < 4.78 is 5.20. The molecular weight excluding hydrogens is 336 g/mol. The minimum atomic E-state index is -0.00388. The summed E-state index contributed by atoms with van der Waals surface area (Å²) in [5.41, 5.74) is 4.10. The van der Waals surface area contributed by atoms with Crippen molar-refractivity contribution in [3.63, 3.8) is 0 Å². The Hall–Kier alpha value is -2.20. The van der Waals surface area contributed by atoms with Crippen molar-refractivity contribution in [2.45, 2.75) is 32.2 Å². The summed E-state index contributed by atoms with van der Waals surface area (Å²) in [6, 6.07) is 13.8. The van der Waals surface area contributed by atoms with Crippen LogP contribution in [0.3, 0.4) is 0 Å². The van der Waals surface area contributed by atoms with Gasteiger partial charge in [0, 0.05) is 17.8 Å². The molecule has 0 radical (unpaired) electrons. The molecule has 0 bridgehead atoms. The van der Waals surface area contributed by atoms with Crippen molar-refractivity contribution in [2.75, 3.05) is 19.0 Å². The molecule has 25 heavy (non-hydrogen) atoms. The van der Waals surface area contributed by atoms with Crippen LogP contribution in [0.25, 0.3) is 0 Å². The fraction of sp³-hybridized carbons (Fsp3) is 0.350. The zero-order valence-electron chi connectivity index (χ0n) is 14.7. The normalized spacial score (nSPS) is 13.7. The number of fused-ring (bicyclic) bond motifs is 1. The Morgan fingerprint density at radius 3 is 2.68 bits per heavy atom. The van der Waals surface area contributed by atoms with E-state index >= 15 is 0 Å². The number of halogens is 1. The second-order valence-electron chi connectivity index (χ2n) is 6.07. The predicted octanol–water partition coefficient (Wildman–Crippen LogP) is 4.36. The minimum absolute atomic E-state index is 0. The van der Waals surface area contributed by atoms with Gasteiger partial charge in [0.15, 0.2) is 0 Å². The van der Waals surface area contributed by atoms with Gasteiger partial charge in [-0.05, 0) is 54.7 Å². The molecule has 2 N–H and O–H groups in total. The third-order valence-electron chi connectivity index (χ3n) is 4.57. The Balaban J connectivity index is 0.00000225. The number of carbonyl (C=O) groups is 1. The zero-order chi connectivity index (χ0) is 16.9. The lowest BCUT2D eigenvalue weighted by molar-refractivity contribution is 0.0934. The molecule has 1 unspecified atom stereocenters. The highest BCUT2D eigenvalue weighted by Gasteiger charge is 2.20. The molecule has 0 spiro atoms. The molecule has 1 aliphatic heterocycles. The first kappa shape index (κ1) is 19.1. The number of rotatable bonds is 5. The van der Waals surface area contributed by atoms with Crippen molar-refractivity contribution in [2.24, 2.45) is 0 Å². The first-order chi connectivity index (χ1) is 11.7. The number of hydrogen-bond donors (Lipinski definition) is 2. The number of ether oxygens (including phenoxy) is 1. The molecule has 2 aromatic carbocycles. The van der Waals surface area contributed by atoms with E-state index in [1.807, 2.05) is 42.5 Å². The molecule has 1 aliphatic rings. The summed E-state index contributed by atoms with van der Waals surface area (Å²) >= 11 is 0. The Labute approximate surface area is 155 Å². The van der Waals surface area contributed by atoms with Crippen molar-refractivity contribution in [1.29, 1.82) is 0 Å². The summed E-state index contributed by atoms with van der Waals surface area (Å²) in [5.74, 6) is 0.821. The van der Waals surface area contributed by atoms with Gasteiger partial charge in [-0.3, -0.25) is 4.79 Å². The first-order valence-electron chi connectivity index (χ1n) is 8.53. The molecule has 5 heteroatoms. The highest BCUT2D eigenvalue weighted by atomic mass is 35.5. The van der Waals surface area contributed by atoms with E-state index in [1.165, 1.54) is 0 Å². The van der Waals surface area contributed by atoms with Gasteiger partial charge in [-0.15, -0.1) is 12.4 Å². The Bertz CT molecular complexity index is 716. The van der Waals surface area contributed by atoms with E-state index in [1.54, 1.807) is 7.11 Å². The standard InChI is InChI=1S/C20H24N2O2.ClH/c1-3-18(14-9-11-15(24-2)12-10-14)22-20(23)17-6-4-8-19-16(17)7-5-13-21-19;/h4,6,8-12,18,21H,3,5,7,13H2,1-2H3,(H,22,23);1H. The van der Waals surface area contributed by atoms with Gasteiger partial charge in [-0.1, -0.05) is 25.1 Å². The van der Waals surface area contributed by atoms with Gasteiger partial charge in [-0.2, -0.15) is 0 Å². The average Bonchev–Trinajstić information content (AvgIpc) is 2.65. The molecule has 0 aliphatic carbocycles. The van der Waals surface area contributed by atoms with Crippen LogP contribution in [0.4, 0.5) is 5.69 Å². The molecule has 0 aromatic heterocycles. The highest BCUT2D eigenvalue weighted by Crippen LogP contribution is 2.26. The molecule has 1 amide bonds. The quantitative estimate of drug-likeness (QED) is 0.833. The number of anilines is 1. The van der Waals surface area contributed by atoms with Crippen LogP contribution >= 0.6 is 12.4 Å². The van der Waals surface area contributed by atoms with E-state index in [-0.39, 0.29) is 24.4 Å². The third kappa shape index (κ3) is 4.26. The SMILES string of the molecule is CCC(NC(=O)c1cccc2c1CCCN2)c1ccc(OC)cc1.Cl. The van der Waals surface area contributed by atoms with Gasteiger partial charge in [0.1, 0.15) is 5.75 Å². The summed E-state index contributed by atoms with van der Waals surface area (Å²) in [6.45, 7) is 3.05. The predicted molar refractivity (Wildman–Crippen MR) is 104 cm³/mol. The van der Waals surface area contributed by atoms with Gasteiger partial charge >= 0.3 is 0 Å². The molecule has 0 fully saturated rings. The summed E-state index contributed by atoms with van der Waals surface area (Å²) in [7, 11) is 1.65. The fourth-order valence-corrected chi connectivity index (χ4v) is 3.22. The maximum Gasteiger partial charge on any atom is 0.252 e. The highest BCUT2D eigenvalue weighted by molar-refractivity contribution is 5.97. The Kier molecular flexibility index (Phi) is 6.71. The van der Waals surface area contributed by atoms with Crippen LogP contribution < -0.4 is 15.4 Å². The van der Waals surface area contributed by atoms with Gasteiger partial charge in [0.25, 0.3) is 5.91 Å². The lowest BCUT2D eigenvalue weighted by Gasteiger charge is -2.23. The van der Waals surface area contributed by atoms with Crippen molar-refractivity contribution >= 4 is 24.0 Å². The number of nitrogens with one attached hydrogen (secondary N) is 2. The first-order valence-corrected chi connectivity index (χ1v) is 8.53. The van der Waals surface area contributed by atoms with Gasteiger partial charge in [-0.25, -0.2) is 0 Å². The zero-order valence-corrected chi connectivity index (χ0v) is 15.5. The maximum atomic E-state index is 12.8. The molecule has 4 nitrogen and oxygen atoms in total. The number of amides is 1. The van der Waals surface area contributed by atoms with Gasteiger partial charge in [0.2, 0.25) is 0 Å². The van der Waals surface area contributed by atoms with Crippen molar-refractivity contribution in [3.8, 4) is 5.75 Å².